The monoisotopic (exact) mass is 263 g/mol. The maximum absolute atomic E-state index is 12.2. The summed E-state index contributed by atoms with van der Waals surface area (Å²) in [7, 11) is 1.92. The maximum atomic E-state index is 12.2. The Morgan fingerprint density at radius 2 is 2.05 bits per heavy atom. The van der Waals surface area contributed by atoms with Gasteiger partial charge in [-0.3, -0.25) is 9.48 Å². The summed E-state index contributed by atoms with van der Waals surface area (Å²) < 4.78 is 1.85. The van der Waals surface area contributed by atoms with E-state index in [1.807, 2.05) is 25.6 Å². The van der Waals surface area contributed by atoms with E-state index in [9.17, 15) is 4.79 Å². The van der Waals surface area contributed by atoms with Crippen molar-refractivity contribution in [2.24, 2.45) is 13.0 Å². The predicted molar refractivity (Wildman–Crippen MR) is 75.9 cm³/mol. The normalized spacial score (nSPS) is 23.4. The number of aryl methyl sites for hydroxylation is 2. The van der Waals surface area contributed by atoms with Gasteiger partial charge in [0.15, 0.2) is 0 Å². The maximum Gasteiger partial charge on any atom is 0.224 e. The minimum atomic E-state index is 0.137. The van der Waals surface area contributed by atoms with Crippen molar-refractivity contribution in [3.63, 3.8) is 0 Å². The van der Waals surface area contributed by atoms with Gasteiger partial charge >= 0.3 is 0 Å². The lowest BCUT2D eigenvalue weighted by atomic mass is 9.86. The number of carbonyl (C=O) groups is 1. The van der Waals surface area contributed by atoms with Gasteiger partial charge in [-0.2, -0.15) is 5.10 Å². The Morgan fingerprint density at radius 3 is 2.63 bits per heavy atom. The minimum Gasteiger partial charge on any atom is -0.353 e. The molecule has 2 unspecified atom stereocenters. The molecule has 4 nitrogen and oxygen atoms in total. The Hall–Kier alpha value is -1.32. The van der Waals surface area contributed by atoms with Gasteiger partial charge in [-0.1, -0.05) is 19.8 Å². The van der Waals surface area contributed by atoms with Crippen molar-refractivity contribution < 1.29 is 4.79 Å². The van der Waals surface area contributed by atoms with Gasteiger partial charge in [0.2, 0.25) is 5.91 Å². The third kappa shape index (κ3) is 3.17. The van der Waals surface area contributed by atoms with Gasteiger partial charge in [-0.05, 0) is 32.6 Å². The van der Waals surface area contributed by atoms with Crippen LogP contribution in [0.5, 0.6) is 0 Å². The number of carbonyl (C=O) groups excluding carboxylic acids is 1. The van der Waals surface area contributed by atoms with E-state index < -0.39 is 0 Å². The lowest BCUT2D eigenvalue weighted by Gasteiger charge is -2.29. The van der Waals surface area contributed by atoms with E-state index >= 15 is 0 Å². The molecule has 1 amide bonds. The summed E-state index contributed by atoms with van der Waals surface area (Å²) >= 11 is 0. The number of rotatable bonds is 3. The first-order valence-corrected chi connectivity index (χ1v) is 7.27. The van der Waals surface area contributed by atoms with Crippen molar-refractivity contribution in [1.29, 1.82) is 0 Å². The van der Waals surface area contributed by atoms with Crippen molar-refractivity contribution in [3.05, 3.63) is 17.0 Å². The van der Waals surface area contributed by atoms with Crippen molar-refractivity contribution >= 4 is 5.91 Å². The first-order valence-electron chi connectivity index (χ1n) is 7.27. The van der Waals surface area contributed by atoms with Crippen molar-refractivity contribution in [1.82, 2.24) is 15.1 Å². The van der Waals surface area contributed by atoms with Crippen LogP contribution < -0.4 is 5.32 Å². The van der Waals surface area contributed by atoms with Crippen LogP contribution in [0.1, 0.15) is 49.6 Å². The number of aromatic nitrogens is 2. The molecule has 1 aliphatic carbocycles. The van der Waals surface area contributed by atoms with Crippen LogP contribution in [-0.2, 0) is 18.3 Å². The second-order valence-electron chi connectivity index (χ2n) is 5.89. The highest BCUT2D eigenvalue weighted by molar-refractivity contribution is 5.79. The molecule has 0 aromatic carbocycles. The SMILES string of the molecule is Cc1nn(C)c(C)c1CC(=O)NC1CCCCC1C. The lowest BCUT2D eigenvalue weighted by molar-refractivity contribution is -0.121. The van der Waals surface area contributed by atoms with Crippen LogP contribution in [0.2, 0.25) is 0 Å². The highest BCUT2D eigenvalue weighted by Crippen LogP contribution is 2.24. The number of nitrogens with one attached hydrogen (secondary N) is 1. The topological polar surface area (TPSA) is 46.9 Å². The van der Waals surface area contributed by atoms with Crippen LogP contribution in [0.15, 0.2) is 0 Å². The molecule has 0 aliphatic heterocycles. The first kappa shape index (κ1) is 14.1. The second kappa shape index (κ2) is 5.76. The van der Waals surface area contributed by atoms with E-state index in [0.29, 0.717) is 18.4 Å². The summed E-state index contributed by atoms with van der Waals surface area (Å²) in [5, 5.41) is 7.57. The Balaban J connectivity index is 1.97. The molecule has 2 atom stereocenters. The van der Waals surface area contributed by atoms with Crippen molar-refractivity contribution in [2.75, 3.05) is 0 Å². The fourth-order valence-corrected chi connectivity index (χ4v) is 3.02. The zero-order chi connectivity index (χ0) is 14.0. The Bertz CT molecular complexity index is 464. The molecule has 0 radical (unpaired) electrons. The van der Waals surface area contributed by atoms with Gasteiger partial charge < -0.3 is 5.32 Å². The van der Waals surface area contributed by atoms with Crippen LogP contribution in [0.25, 0.3) is 0 Å². The largest absolute Gasteiger partial charge is 0.353 e. The van der Waals surface area contributed by atoms with Crippen LogP contribution in [0.3, 0.4) is 0 Å². The molecule has 0 saturated heterocycles. The smallest absolute Gasteiger partial charge is 0.224 e. The third-order valence-corrected chi connectivity index (χ3v) is 4.45. The molecule has 1 aliphatic rings. The number of hydrogen-bond acceptors (Lipinski definition) is 2. The van der Waals surface area contributed by atoms with E-state index in [0.717, 1.165) is 23.4 Å². The van der Waals surface area contributed by atoms with Crippen molar-refractivity contribution in [3.8, 4) is 0 Å². The molecule has 2 rings (SSSR count). The molecule has 1 aromatic heterocycles. The molecule has 1 heterocycles. The molecule has 1 aromatic rings. The number of hydrogen-bond donors (Lipinski definition) is 1. The van der Waals surface area contributed by atoms with Gasteiger partial charge in [0.1, 0.15) is 0 Å². The molecule has 1 fully saturated rings. The molecular weight excluding hydrogens is 238 g/mol. The van der Waals surface area contributed by atoms with Crippen molar-refractivity contribution in [2.45, 2.75) is 58.9 Å². The molecule has 19 heavy (non-hydrogen) atoms. The Labute approximate surface area is 115 Å². The van der Waals surface area contributed by atoms with Crippen LogP contribution in [0.4, 0.5) is 0 Å². The highest BCUT2D eigenvalue weighted by atomic mass is 16.1. The van der Waals surface area contributed by atoms with Crippen LogP contribution in [-0.4, -0.2) is 21.7 Å². The second-order valence-corrected chi connectivity index (χ2v) is 5.89. The number of nitrogens with zero attached hydrogens (tertiary/aromatic N) is 2. The minimum absolute atomic E-state index is 0.137. The summed E-state index contributed by atoms with van der Waals surface area (Å²) in [6.45, 7) is 6.23. The fraction of sp³-hybridized carbons (Fsp3) is 0.733. The average molecular weight is 263 g/mol. The average Bonchev–Trinajstić information content (AvgIpc) is 2.59. The molecule has 4 heteroatoms. The predicted octanol–water partition coefficient (Wildman–Crippen LogP) is 2.27. The quantitative estimate of drug-likeness (QED) is 0.909. The molecule has 1 N–H and O–H groups in total. The van der Waals surface area contributed by atoms with Gasteiger partial charge in [0.25, 0.3) is 0 Å². The standard InChI is InChI=1S/C15H25N3O/c1-10-7-5-6-8-14(10)16-15(19)9-13-11(2)17-18(4)12(13)3/h10,14H,5-9H2,1-4H3,(H,16,19). The summed E-state index contributed by atoms with van der Waals surface area (Å²) in [6, 6.07) is 0.360. The van der Waals surface area contributed by atoms with E-state index in [1.165, 1.54) is 19.3 Å². The van der Waals surface area contributed by atoms with E-state index in [2.05, 4.69) is 17.3 Å². The summed E-state index contributed by atoms with van der Waals surface area (Å²) in [4.78, 5) is 12.2. The zero-order valence-corrected chi connectivity index (χ0v) is 12.5. The van der Waals surface area contributed by atoms with Gasteiger partial charge in [0, 0.05) is 24.3 Å². The lowest BCUT2D eigenvalue weighted by Crippen LogP contribution is -2.41. The Morgan fingerprint density at radius 1 is 1.37 bits per heavy atom. The summed E-state index contributed by atoms with van der Waals surface area (Å²) in [5.74, 6) is 0.742. The van der Waals surface area contributed by atoms with Crippen LogP contribution >= 0.6 is 0 Å². The molecule has 0 bridgehead atoms. The van der Waals surface area contributed by atoms with Crippen LogP contribution in [0, 0.1) is 19.8 Å². The molecule has 106 valence electrons. The van der Waals surface area contributed by atoms with E-state index in [1.54, 1.807) is 0 Å². The summed E-state index contributed by atoms with van der Waals surface area (Å²) in [6.07, 6.45) is 5.34. The van der Waals surface area contributed by atoms with E-state index in [-0.39, 0.29) is 5.91 Å². The van der Waals surface area contributed by atoms with E-state index in [4.69, 9.17) is 0 Å². The molecule has 1 saturated carbocycles. The van der Waals surface area contributed by atoms with Gasteiger partial charge in [-0.25, -0.2) is 0 Å². The highest BCUT2D eigenvalue weighted by Gasteiger charge is 2.23. The molecular formula is C15H25N3O. The third-order valence-electron chi connectivity index (χ3n) is 4.45. The van der Waals surface area contributed by atoms with Gasteiger partial charge in [-0.15, -0.1) is 0 Å². The molecule has 0 spiro atoms. The Kier molecular flexibility index (Phi) is 4.27. The number of amides is 1. The zero-order valence-electron chi connectivity index (χ0n) is 12.5. The summed E-state index contributed by atoms with van der Waals surface area (Å²) in [5.41, 5.74) is 3.12. The van der Waals surface area contributed by atoms with Gasteiger partial charge in [0.05, 0.1) is 12.1 Å². The fourth-order valence-electron chi connectivity index (χ4n) is 3.02. The first-order chi connectivity index (χ1) is 8.99.